The van der Waals surface area contributed by atoms with Gasteiger partial charge in [0, 0.05) is 18.0 Å². The topological polar surface area (TPSA) is 55.4 Å². The fourth-order valence-corrected chi connectivity index (χ4v) is 2.76. The first-order chi connectivity index (χ1) is 10.6. The molecule has 0 aliphatic heterocycles. The van der Waals surface area contributed by atoms with Crippen LogP contribution in [0.2, 0.25) is 0 Å². The second kappa shape index (κ2) is 8.57. The molecule has 0 spiro atoms. The number of rotatable bonds is 7. The van der Waals surface area contributed by atoms with Crippen LogP contribution in [-0.2, 0) is 4.79 Å². The SMILES string of the molecule is CC(=O)c1ccc(OCCCC(=O)NC2CCCCC2)cc1. The molecule has 1 amide bonds. The minimum absolute atomic E-state index is 0.0472. The third kappa shape index (κ3) is 5.51. The molecule has 1 fully saturated rings. The van der Waals surface area contributed by atoms with E-state index in [4.69, 9.17) is 4.74 Å². The van der Waals surface area contributed by atoms with E-state index >= 15 is 0 Å². The van der Waals surface area contributed by atoms with Crippen molar-refractivity contribution in [2.24, 2.45) is 0 Å². The first kappa shape index (κ1) is 16.5. The van der Waals surface area contributed by atoms with Crippen molar-refractivity contribution in [3.05, 3.63) is 29.8 Å². The summed E-state index contributed by atoms with van der Waals surface area (Å²) in [5.41, 5.74) is 0.680. The Labute approximate surface area is 132 Å². The zero-order chi connectivity index (χ0) is 15.8. The average Bonchev–Trinajstić information content (AvgIpc) is 2.53. The summed E-state index contributed by atoms with van der Waals surface area (Å²) in [6.45, 7) is 2.05. The zero-order valence-electron chi connectivity index (χ0n) is 13.3. The number of nitrogens with one attached hydrogen (secondary N) is 1. The van der Waals surface area contributed by atoms with Crippen LogP contribution in [-0.4, -0.2) is 24.3 Å². The van der Waals surface area contributed by atoms with Gasteiger partial charge in [-0.05, 0) is 50.5 Å². The highest BCUT2D eigenvalue weighted by molar-refractivity contribution is 5.94. The molecule has 0 unspecified atom stereocenters. The number of ether oxygens (including phenoxy) is 1. The van der Waals surface area contributed by atoms with Gasteiger partial charge >= 0.3 is 0 Å². The molecule has 0 heterocycles. The van der Waals surface area contributed by atoms with Gasteiger partial charge in [-0.3, -0.25) is 9.59 Å². The lowest BCUT2D eigenvalue weighted by atomic mass is 9.95. The fraction of sp³-hybridized carbons (Fsp3) is 0.556. The van der Waals surface area contributed by atoms with E-state index in [0.29, 0.717) is 31.1 Å². The minimum atomic E-state index is 0.0472. The van der Waals surface area contributed by atoms with Crippen LogP contribution >= 0.6 is 0 Å². The van der Waals surface area contributed by atoms with Crippen molar-refractivity contribution in [3.63, 3.8) is 0 Å². The molecule has 1 saturated carbocycles. The maximum Gasteiger partial charge on any atom is 0.220 e. The Balaban J connectivity index is 1.61. The molecule has 0 saturated heterocycles. The zero-order valence-corrected chi connectivity index (χ0v) is 13.3. The van der Waals surface area contributed by atoms with Gasteiger partial charge in [-0.1, -0.05) is 19.3 Å². The van der Waals surface area contributed by atoms with Crippen LogP contribution in [0.4, 0.5) is 0 Å². The van der Waals surface area contributed by atoms with Gasteiger partial charge in [-0.25, -0.2) is 0 Å². The molecule has 4 nitrogen and oxygen atoms in total. The molecule has 120 valence electrons. The standard InChI is InChI=1S/C18H25NO3/c1-14(20)15-9-11-17(12-10-15)22-13-5-8-18(21)19-16-6-3-2-4-7-16/h9-12,16H,2-8,13H2,1H3,(H,19,21). The predicted molar refractivity (Wildman–Crippen MR) is 86.2 cm³/mol. The highest BCUT2D eigenvalue weighted by Crippen LogP contribution is 2.17. The summed E-state index contributed by atoms with van der Waals surface area (Å²) < 4.78 is 5.59. The lowest BCUT2D eigenvalue weighted by molar-refractivity contribution is -0.122. The Morgan fingerprint density at radius 3 is 2.45 bits per heavy atom. The van der Waals surface area contributed by atoms with Crippen molar-refractivity contribution in [1.29, 1.82) is 0 Å². The van der Waals surface area contributed by atoms with Gasteiger partial charge in [0.15, 0.2) is 5.78 Å². The number of amides is 1. The van der Waals surface area contributed by atoms with Gasteiger partial charge < -0.3 is 10.1 Å². The van der Waals surface area contributed by atoms with Crippen molar-refractivity contribution >= 4 is 11.7 Å². The van der Waals surface area contributed by atoms with Crippen LogP contribution in [0.1, 0.15) is 62.2 Å². The fourth-order valence-electron chi connectivity index (χ4n) is 2.76. The first-order valence-electron chi connectivity index (χ1n) is 8.18. The van der Waals surface area contributed by atoms with E-state index in [1.54, 1.807) is 31.2 Å². The van der Waals surface area contributed by atoms with Crippen molar-refractivity contribution in [2.75, 3.05) is 6.61 Å². The molecule has 4 heteroatoms. The Morgan fingerprint density at radius 1 is 1.14 bits per heavy atom. The molecule has 1 aliphatic carbocycles. The lowest BCUT2D eigenvalue weighted by Gasteiger charge is -2.22. The van der Waals surface area contributed by atoms with Crippen LogP contribution in [0.25, 0.3) is 0 Å². The van der Waals surface area contributed by atoms with Gasteiger partial charge in [-0.2, -0.15) is 0 Å². The number of benzene rings is 1. The van der Waals surface area contributed by atoms with E-state index < -0.39 is 0 Å². The van der Waals surface area contributed by atoms with Gasteiger partial charge in [0.05, 0.1) is 6.61 Å². The van der Waals surface area contributed by atoms with E-state index in [-0.39, 0.29) is 11.7 Å². The Morgan fingerprint density at radius 2 is 1.82 bits per heavy atom. The number of carbonyl (C=O) groups is 2. The first-order valence-corrected chi connectivity index (χ1v) is 8.18. The quantitative estimate of drug-likeness (QED) is 0.619. The molecular weight excluding hydrogens is 278 g/mol. The van der Waals surface area contributed by atoms with Crippen LogP contribution in [0, 0.1) is 0 Å². The van der Waals surface area contributed by atoms with E-state index in [9.17, 15) is 9.59 Å². The molecule has 1 aromatic carbocycles. The molecule has 0 aromatic heterocycles. The third-order valence-corrected chi connectivity index (χ3v) is 4.05. The molecule has 0 bridgehead atoms. The molecule has 1 aromatic rings. The minimum Gasteiger partial charge on any atom is -0.494 e. The highest BCUT2D eigenvalue weighted by atomic mass is 16.5. The Bertz CT molecular complexity index is 490. The molecule has 2 rings (SSSR count). The van der Waals surface area contributed by atoms with E-state index in [1.165, 1.54) is 19.3 Å². The van der Waals surface area contributed by atoms with Gasteiger partial charge in [0.1, 0.15) is 5.75 Å². The Hall–Kier alpha value is -1.84. The van der Waals surface area contributed by atoms with E-state index in [1.807, 2.05) is 0 Å². The summed E-state index contributed by atoms with van der Waals surface area (Å²) >= 11 is 0. The number of hydrogen-bond donors (Lipinski definition) is 1. The highest BCUT2D eigenvalue weighted by Gasteiger charge is 2.15. The van der Waals surface area contributed by atoms with Crippen LogP contribution in [0.3, 0.4) is 0 Å². The largest absolute Gasteiger partial charge is 0.494 e. The summed E-state index contributed by atoms with van der Waals surface area (Å²) in [6, 6.07) is 7.47. The van der Waals surface area contributed by atoms with Crippen LogP contribution in [0.15, 0.2) is 24.3 Å². The summed E-state index contributed by atoms with van der Waals surface area (Å²) in [5, 5.41) is 3.11. The predicted octanol–water partition coefficient (Wildman–Crippen LogP) is 3.50. The summed E-state index contributed by atoms with van der Waals surface area (Å²) in [5.74, 6) is 0.908. The van der Waals surface area contributed by atoms with Crippen LogP contribution in [0.5, 0.6) is 5.75 Å². The third-order valence-electron chi connectivity index (χ3n) is 4.05. The molecule has 1 N–H and O–H groups in total. The molecule has 22 heavy (non-hydrogen) atoms. The molecular formula is C18H25NO3. The number of Topliss-reactive ketones (excluding diaryl/α,β-unsaturated/α-hetero) is 1. The molecule has 1 aliphatic rings. The smallest absolute Gasteiger partial charge is 0.220 e. The molecule has 0 radical (unpaired) electrons. The van der Waals surface area contributed by atoms with Crippen molar-refractivity contribution in [1.82, 2.24) is 5.32 Å². The second-order valence-corrected chi connectivity index (χ2v) is 5.94. The Kier molecular flexibility index (Phi) is 6.44. The summed E-state index contributed by atoms with van der Waals surface area (Å²) in [7, 11) is 0. The monoisotopic (exact) mass is 303 g/mol. The van der Waals surface area contributed by atoms with Gasteiger partial charge in [-0.15, -0.1) is 0 Å². The van der Waals surface area contributed by atoms with Crippen molar-refractivity contribution < 1.29 is 14.3 Å². The second-order valence-electron chi connectivity index (χ2n) is 5.94. The maximum absolute atomic E-state index is 11.8. The van der Waals surface area contributed by atoms with Crippen molar-refractivity contribution in [2.45, 2.75) is 57.9 Å². The summed E-state index contributed by atoms with van der Waals surface area (Å²) in [6.07, 6.45) is 7.18. The van der Waals surface area contributed by atoms with Gasteiger partial charge in [0.25, 0.3) is 0 Å². The van der Waals surface area contributed by atoms with Gasteiger partial charge in [0.2, 0.25) is 5.91 Å². The van der Waals surface area contributed by atoms with E-state index in [2.05, 4.69) is 5.32 Å². The van der Waals surface area contributed by atoms with E-state index in [0.717, 1.165) is 18.6 Å². The summed E-state index contributed by atoms with van der Waals surface area (Å²) in [4.78, 5) is 23.0. The molecule has 0 atom stereocenters. The number of carbonyl (C=O) groups excluding carboxylic acids is 2. The van der Waals surface area contributed by atoms with Crippen molar-refractivity contribution in [3.8, 4) is 5.75 Å². The normalized spacial score (nSPS) is 15.3. The number of ketones is 1. The van der Waals surface area contributed by atoms with Crippen LogP contribution < -0.4 is 10.1 Å². The lowest BCUT2D eigenvalue weighted by Crippen LogP contribution is -2.36. The maximum atomic E-state index is 11.8. The number of hydrogen-bond acceptors (Lipinski definition) is 3. The average molecular weight is 303 g/mol.